The molecule has 0 aliphatic carbocycles. The number of guanidine groups is 1. The molecule has 3 rings (SSSR count). The van der Waals surface area contributed by atoms with Gasteiger partial charge in [0, 0.05) is 24.5 Å². The number of benzene rings is 1. The maximum atomic E-state index is 5.92. The van der Waals surface area contributed by atoms with Gasteiger partial charge in [0.25, 0.3) is 0 Å². The number of aryl methyl sites for hydroxylation is 1. The van der Waals surface area contributed by atoms with Gasteiger partial charge >= 0.3 is 0 Å². The first kappa shape index (κ1) is 17.7. The number of hydrogen-bond acceptors (Lipinski definition) is 3. The molecule has 0 saturated carbocycles. The van der Waals surface area contributed by atoms with Gasteiger partial charge in [0.2, 0.25) is 0 Å². The molecule has 1 aliphatic rings. The van der Waals surface area contributed by atoms with Crippen molar-refractivity contribution in [1.29, 1.82) is 0 Å². The van der Waals surface area contributed by atoms with Crippen molar-refractivity contribution >= 4 is 17.6 Å². The minimum atomic E-state index is 0.602. The second-order valence-corrected chi connectivity index (χ2v) is 6.61. The van der Waals surface area contributed by atoms with Crippen LogP contribution in [0, 0.1) is 0 Å². The largest absolute Gasteiger partial charge is 0.357 e. The topological polar surface area (TPSA) is 67.1 Å². The van der Waals surface area contributed by atoms with E-state index < -0.39 is 0 Å². The van der Waals surface area contributed by atoms with Gasteiger partial charge in [-0.25, -0.2) is 4.99 Å². The lowest BCUT2D eigenvalue weighted by atomic mass is 10.2. The van der Waals surface area contributed by atoms with E-state index in [4.69, 9.17) is 11.6 Å². The first-order chi connectivity index (χ1) is 12.3. The second kappa shape index (κ2) is 8.85. The highest BCUT2D eigenvalue weighted by atomic mass is 35.5. The van der Waals surface area contributed by atoms with Crippen molar-refractivity contribution in [2.45, 2.75) is 52.2 Å². The molecule has 25 heavy (non-hydrogen) atoms. The zero-order valence-electron chi connectivity index (χ0n) is 14.6. The molecule has 0 fully saturated rings. The van der Waals surface area contributed by atoms with Crippen molar-refractivity contribution in [2.75, 3.05) is 6.54 Å². The normalized spacial score (nSPS) is 14.7. The minimum Gasteiger partial charge on any atom is -0.357 e. The summed E-state index contributed by atoms with van der Waals surface area (Å²) in [4.78, 5) is 4.64. The summed E-state index contributed by atoms with van der Waals surface area (Å²) < 4.78 is 2.25. The number of halogens is 1. The molecule has 1 aromatic heterocycles. The van der Waals surface area contributed by atoms with Crippen molar-refractivity contribution in [3.05, 3.63) is 46.5 Å². The van der Waals surface area contributed by atoms with Crippen molar-refractivity contribution in [3.8, 4) is 0 Å². The van der Waals surface area contributed by atoms with Crippen molar-refractivity contribution in [2.24, 2.45) is 4.99 Å². The summed E-state index contributed by atoms with van der Waals surface area (Å²) in [6.45, 7) is 5.11. The summed E-state index contributed by atoms with van der Waals surface area (Å²) in [7, 11) is 0. The number of fused-ring (bicyclic) bond motifs is 1. The van der Waals surface area contributed by atoms with Crippen LogP contribution in [0.5, 0.6) is 0 Å². The van der Waals surface area contributed by atoms with Gasteiger partial charge in [-0.2, -0.15) is 0 Å². The zero-order valence-corrected chi connectivity index (χ0v) is 15.4. The molecule has 2 heterocycles. The van der Waals surface area contributed by atoms with E-state index in [1.54, 1.807) is 0 Å². The van der Waals surface area contributed by atoms with Crippen molar-refractivity contribution in [1.82, 2.24) is 25.4 Å². The third-order valence-corrected chi connectivity index (χ3v) is 4.53. The molecule has 6 nitrogen and oxygen atoms in total. The molecule has 2 N–H and O–H groups in total. The van der Waals surface area contributed by atoms with Gasteiger partial charge in [-0.05, 0) is 37.5 Å². The fraction of sp³-hybridized carbons (Fsp3) is 0.500. The molecule has 0 unspecified atom stereocenters. The van der Waals surface area contributed by atoms with Crippen LogP contribution in [0.3, 0.4) is 0 Å². The lowest BCUT2D eigenvalue weighted by Gasteiger charge is -2.12. The summed E-state index contributed by atoms with van der Waals surface area (Å²) in [5.41, 5.74) is 1.12. The fourth-order valence-corrected chi connectivity index (χ4v) is 3.07. The maximum absolute atomic E-state index is 5.92. The highest BCUT2D eigenvalue weighted by Crippen LogP contribution is 2.14. The summed E-state index contributed by atoms with van der Waals surface area (Å²) in [6.07, 6.45) is 4.69. The predicted octanol–water partition coefficient (Wildman–Crippen LogP) is 2.91. The first-order valence-corrected chi connectivity index (χ1v) is 9.31. The molecule has 7 heteroatoms. The van der Waals surface area contributed by atoms with E-state index >= 15 is 0 Å². The lowest BCUT2D eigenvalue weighted by Crippen LogP contribution is -2.37. The Morgan fingerprint density at radius 1 is 1.16 bits per heavy atom. The van der Waals surface area contributed by atoms with Crippen LogP contribution in [0.4, 0.5) is 0 Å². The Balaban J connectivity index is 1.63. The quantitative estimate of drug-likeness (QED) is 0.635. The Kier molecular flexibility index (Phi) is 6.28. The molecule has 2 aromatic rings. The van der Waals surface area contributed by atoms with Crippen LogP contribution < -0.4 is 10.6 Å². The molecule has 1 aromatic carbocycles. The van der Waals surface area contributed by atoms with Crippen LogP contribution >= 0.6 is 11.6 Å². The first-order valence-electron chi connectivity index (χ1n) is 8.94. The Bertz CT molecular complexity index is 707. The molecular formula is C18H25ClN6. The molecule has 0 saturated heterocycles. The molecule has 0 amide bonds. The summed E-state index contributed by atoms with van der Waals surface area (Å²) >= 11 is 5.92. The predicted molar refractivity (Wildman–Crippen MR) is 101 cm³/mol. The van der Waals surface area contributed by atoms with E-state index in [0.29, 0.717) is 13.1 Å². The summed E-state index contributed by atoms with van der Waals surface area (Å²) in [5.74, 6) is 2.87. The van der Waals surface area contributed by atoms with Gasteiger partial charge in [-0.3, -0.25) is 0 Å². The van der Waals surface area contributed by atoms with E-state index in [1.165, 1.54) is 19.3 Å². The zero-order chi connectivity index (χ0) is 17.5. The van der Waals surface area contributed by atoms with Crippen LogP contribution in [-0.2, 0) is 26.1 Å². The molecule has 1 aliphatic heterocycles. The van der Waals surface area contributed by atoms with Gasteiger partial charge in [0.05, 0.1) is 13.1 Å². The smallest absolute Gasteiger partial charge is 0.191 e. The average molecular weight is 361 g/mol. The Morgan fingerprint density at radius 2 is 2.00 bits per heavy atom. The molecule has 0 spiro atoms. The van der Waals surface area contributed by atoms with Gasteiger partial charge < -0.3 is 15.2 Å². The maximum Gasteiger partial charge on any atom is 0.191 e. The van der Waals surface area contributed by atoms with E-state index in [1.807, 2.05) is 24.3 Å². The molecule has 0 bridgehead atoms. The Labute approximate surface area is 153 Å². The summed E-state index contributed by atoms with van der Waals surface area (Å²) in [6, 6.07) is 7.76. The Hall–Kier alpha value is -2.08. The highest BCUT2D eigenvalue weighted by Gasteiger charge is 2.14. The number of aromatic nitrogens is 3. The van der Waals surface area contributed by atoms with Crippen LogP contribution in [0.25, 0.3) is 0 Å². The van der Waals surface area contributed by atoms with E-state index in [2.05, 4.69) is 37.3 Å². The average Bonchev–Trinajstić information content (AvgIpc) is 2.85. The van der Waals surface area contributed by atoms with E-state index in [0.717, 1.165) is 47.7 Å². The number of rotatable bonds is 5. The van der Waals surface area contributed by atoms with E-state index in [9.17, 15) is 0 Å². The minimum absolute atomic E-state index is 0.602. The summed E-state index contributed by atoms with van der Waals surface area (Å²) in [5, 5.41) is 16.1. The molecule has 0 radical (unpaired) electrons. The van der Waals surface area contributed by atoms with Gasteiger partial charge in [-0.1, -0.05) is 30.2 Å². The van der Waals surface area contributed by atoms with Crippen molar-refractivity contribution < 1.29 is 0 Å². The number of nitrogens with one attached hydrogen (secondary N) is 2. The van der Waals surface area contributed by atoms with Crippen molar-refractivity contribution in [3.63, 3.8) is 0 Å². The van der Waals surface area contributed by atoms with Gasteiger partial charge in [0.15, 0.2) is 11.8 Å². The number of hydrogen-bond donors (Lipinski definition) is 2. The van der Waals surface area contributed by atoms with E-state index in [-0.39, 0.29) is 0 Å². The van der Waals surface area contributed by atoms with Crippen LogP contribution in [0.1, 0.15) is 43.4 Å². The third-order valence-electron chi connectivity index (χ3n) is 4.28. The van der Waals surface area contributed by atoms with Crippen LogP contribution in [0.15, 0.2) is 29.3 Å². The van der Waals surface area contributed by atoms with Gasteiger partial charge in [0.1, 0.15) is 5.82 Å². The van der Waals surface area contributed by atoms with Gasteiger partial charge in [-0.15, -0.1) is 10.2 Å². The number of aliphatic imine (C=N–C) groups is 1. The Morgan fingerprint density at radius 3 is 2.80 bits per heavy atom. The molecule has 0 atom stereocenters. The molecular weight excluding hydrogens is 336 g/mol. The highest BCUT2D eigenvalue weighted by molar-refractivity contribution is 6.30. The fourth-order valence-electron chi connectivity index (χ4n) is 2.94. The lowest BCUT2D eigenvalue weighted by molar-refractivity contribution is 0.596. The monoisotopic (exact) mass is 360 g/mol. The SMILES string of the molecule is CCNC(=NCc1ccc(Cl)cc1)NCc1nnc2n1CCCCC2. The van der Waals surface area contributed by atoms with Crippen LogP contribution in [0.2, 0.25) is 5.02 Å². The standard InChI is InChI=1S/C18H25ClN6/c1-2-20-18(21-12-14-7-9-15(19)10-8-14)22-13-17-24-23-16-6-4-3-5-11-25(16)17/h7-10H,2-6,11-13H2,1H3,(H2,20,21,22). The number of nitrogens with zero attached hydrogens (tertiary/aromatic N) is 4. The van der Waals surface area contributed by atoms with Crippen LogP contribution in [-0.4, -0.2) is 27.3 Å². The molecule has 134 valence electrons. The second-order valence-electron chi connectivity index (χ2n) is 6.17. The third kappa shape index (κ3) is 4.95.